The third-order valence-electron chi connectivity index (χ3n) is 8.50. The molecule has 1 aromatic carbocycles. The maximum absolute atomic E-state index is 4.34. The van der Waals surface area contributed by atoms with Gasteiger partial charge in [-0.1, -0.05) is 272 Å². The van der Waals surface area contributed by atoms with Gasteiger partial charge in [-0.05, 0) is 94.4 Å². The van der Waals surface area contributed by atoms with Gasteiger partial charge in [-0.2, -0.15) is 12.6 Å². The minimum absolute atomic E-state index is 0. The van der Waals surface area contributed by atoms with Crippen molar-refractivity contribution in [2.75, 3.05) is 17.3 Å². The predicted molar refractivity (Wildman–Crippen MR) is 306 cm³/mol. The summed E-state index contributed by atoms with van der Waals surface area (Å²) in [5, 5.41) is 0. The van der Waals surface area contributed by atoms with Crippen LogP contribution in [-0.4, -0.2) is 17.3 Å². The molecular weight excluding hydrogens is 793 g/mol. The maximum Gasteiger partial charge on any atom is 0.0751 e. The molecule has 1 rings (SSSR count). The molecule has 0 nitrogen and oxygen atoms in total. The van der Waals surface area contributed by atoms with Crippen LogP contribution in [-0.2, 0) is 10.8 Å². The Bertz CT molecular complexity index is 1020. The molecule has 0 amide bonds. The van der Waals surface area contributed by atoms with Crippen LogP contribution in [0.3, 0.4) is 0 Å². The Morgan fingerprint density at radius 1 is 0.607 bits per heavy atom. The highest BCUT2D eigenvalue weighted by Crippen LogP contribution is 2.44. The quantitative estimate of drug-likeness (QED) is 0.0599. The van der Waals surface area contributed by atoms with E-state index in [1.807, 2.05) is 19.9 Å². The molecule has 0 aliphatic carbocycles. The molecule has 61 heavy (non-hydrogen) atoms. The topological polar surface area (TPSA) is 0 Å². The molecule has 1 unspecified atom stereocenters. The zero-order chi connectivity index (χ0) is 48.1. The standard InChI is InChI=1S/C32H58S3.C11H18.4C3H8.C2H6.CH4/c1-9-10-11-12-16-19-22-34-30(35-23-20-17-14-13-15-18-21-33)27-24-28(31(3,4)5)26(2)29(25-27)32(6,7)8;1-6-8-9-10(7-2)11(3,4)5;4*1-3-2;1-2;/h24-25,30,33H,9-23H2,1-8H3;6-9H,1H2,2-5H3;4*3H2,1-2H3;1-2H3;1H4/b;9-8+,10-7-;;;;;;. The van der Waals surface area contributed by atoms with Crippen LogP contribution >= 0.6 is 36.2 Å². The first-order chi connectivity index (χ1) is 28.2. The predicted octanol–water partition coefficient (Wildman–Crippen LogP) is 22.7. The van der Waals surface area contributed by atoms with E-state index in [-0.39, 0.29) is 23.7 Å². The number of hydrogen-bond donors (Lipinski definition) is 1. The average Bonchev–Trinajstić information content (AvgIpc) is 3.16. The van der Waals surface area contributed by atoms with Crippen LogP contribution in [0.2, 0.25) is 0 Å². The fraction of sp³-hybridized carbons (Fsp3) is 0.793. The van der Waals surface area contributed by atoms with Gasteiger partial charge in [-0.15, -0.1) is 23.5 Å². The van der Waals surface area contributed by atoms with Crippen molar-refractivity contribution in [2.45, 2.75) is 278 Å². The first kappa shape index (κ1) is 74.8. The van der Waals surface area contributed by atoms with Gasteiger partial charge in [0.2, 0.25) is 0 Å². The van der Waals surface area contributed by atoms with Gasteiger partial charge in [-0.25, -0.2) is 0 Å². The van der Waals surface area contributed by atoms with E-state index in [1.165, 1.54) is 137 Å². The van der Waals surface area contributed by atoms with Crippen molar-refractivity contribution < 1.29 is 0 Å². The normalized spacial score (nSPS) is 11.5. The van der Waals surface area contributed by atoms with E-state index in [1.54, 1.807) is 11.6 Å². The van der Waals surface area contributed by atoms with E-state index in [2.05, 4.69) is 205 Å². The number of unbranched alkanes of at least 4 members (excludes halogenated alkanes) is 10. The molecule has 0 bridgehead atoms. The van der Waals surface area contributed by atoms with E-state index >= 15 is 0 Å². The summed E-state index contributed by atoms with van der Waals surface area (Å²) in [4.78, 5) is 0. The second kappa shape index (κ2) is 52.1. The zero-order valence-electron chi connectivity index (χ0n) is 45.4. The third kappa shape index (κ3) is 50.4. The first-order valence-electron chi connectivity index (χ1n) is 25.2. The molecule has 1 atom stereocenters. The number of hydrogen-bond acceptors (Lipinski definition) is 3. The molecule has 0 fully saturated rings. The smallest absolute Gasteiger partial charge is 0.0751 e. The van der Waals surface area contributed by atoms with Gasteiger partial charge < -0.3 is 0 Å². The van der Waals surface area contributed by atoms with Gasteiger partial charge in [0, 0.05) is 0 Å². The molecule has 0 aliphatic rings. The van der Waals surface area contributed by atoms with Gasteiger partial charge >= 0.3 is 0 Å². The van der Waals surface area contributed by atoms with Crippen LogP contribution in [0.25, 0.3) is 0 Å². The summed E-state index contributed by atoms with van der Waals surface area (Å²) in [7, 11) is 0. The van der Waals surface area contributed by atoms with E-state index in [0.717, 1.165) is 5.75 Å². The van der Waals surface area contributed by atoms with Gasteiger partial charge in [0.1, 0.15) is 0 Å². The lowest BCUT2D eigenvalue weighted by Crippen LogP contribution is -2.20. The second-order valence-corrected chi connectivity index (χ2v) is 22.0. The average molecular weight is 912 g/mol. The molecular formula is C58H118S3. The fourth-order valence-corrected chi connectivity index (χ4v) is 8.82. The lowest BCUT2D eigenvalue weighted by atomic mass is 9.76. The summed E-state index contributed by atoms with van der Waals surface area (Å²) in [6.45, 7) is 52.2. The number of allylic oxidation sites excluding steroid dienone is 5. The molecule has 0 aliphatic heterocycles. The summed E-state index contributed by atoms with van der Waals surface area (Å²) in [6.07, 6.45) is 29.4. The molecule has 0 saturated heterocycles. The Hall–Kier alpha value is -0.510. The highest BCUT2D eigenvalue weighted by Gasteiger charge is 2.26. The van der Waals surface area contributed by atoms with Crippen molar-refractivity contribution >= 4 is 36.2 Å². The molecule has 368 valence electrons. The summed E-state index contributed by atoms with van der Waals surface area (Å²) in [5.74, 6) is 3.61. The van der Waals surface area contributed by atoms with Crippen molar-refractivity contribution in [3.8, 4) is 0 Å². The van der Waals surface area contributed by atoms with Gasteiger partial charge in [0.15, 0.2) is 0 Å². The lowest BCUT2D eigenvalue weighted by molar-refractivity contribution is 0.516. The Balaban J connectivity index is -0.000000184. The Kier molecular flexibility index (Phi) is 63.9. The molecule has 0 heterocycles. The molecule has 0 radical (unpaired) electrons. The lowest BCUT2D eigenvalue weighted by Gasteiger charge is -2.31. The highest BCUT2D eigenvalue weighted by atomic mass is 32.2. The fourth-order valence-electron chi connectivity index (χ4n) is 5.81. The van der Waals surface area contributed by atoms with Crippen molar-refractivity contribution in [3.63, 3.8) is 0 Å². The van der Waals surface area contributed by atoms with Crippen molar-refractivity contribution in [3.05, 3.63) is 70.8 Å². The van der Waals surface area contributed by atoms with Crippen LogP contribution < -0.4 is 0 Å². The molecule has 1 aromatic rings. The summed E-state index contributed by atoms with van der Waals surface area (Å²) < 4.78 is 0.553. The van der Waals surface area contributed by atoms with Crippen LogP contribution in [0, 0.1) is 12.3 Å². The van der Waals surface area contributed by atoms with Crippen LogP contribution in [0.4, 0.5) is 0 Å². The minimum Gasteiger partial charge on any atom is -0.179 e. The highest BCUT2D eigenvalue weighted by molar-refractivity contribution is 8.16. The largest absolute Gasteiger partial charge is 0.179 e. The van der Waals surface area contributed by atoms with Gasteiger partial charge in [0.05, 0.1) is 4.58 Å². The number of rotatable bonds is 20. The Morgan fingerprint density at radius 2 is 0.934 bits per heavy atom. The van der Waals surface area contributed by atoms with Crippen molar-refractivity contribution in [2.24, 2.45) is 5.41 Å². The maximum atomic E-state index is 4.34. The first-order valence-corrected chi connectivity index (χ1v) is 27.9. The van der Waals surface area contributed by atoms with Crippen molar-refractivity contribution in [1.82, 2.24) is 0 Å². The summed E-state index contributed by atoms with van der Waals surface area (Å²) in [6, 6.07) is 5.13. The van der Waals surface area contributed by atoms with Gasteiger partial charge in [0.25, 0.3) is 0 Å². The van der Waals surface area contributed by atoms with E-state index in [9.17, 15) is 0 Å². The Morgan fingerprint density at radius 3 is 1.21 bits per heavy atom. The number of thioether (sulfide) groups is 2. The molecule has 0 saturated carbocycles. The minimum atomic E-state index is 0. The Labute approximate surface area is 405 Å². The third-order valence-corrected chi connectivity index (χ3v) is 11.8. The zero-order valence-corrected chi connectivity index (χ0v) is 48.0. The van der Waals surface area contributed by atoms with Crippen LogP contribution in [0.15, 0.2) is 48.6 Å². The molecule has 0 N–H and O–H groups in total. The van der Waals surface area contributed by atoms with E-state index in [0.29, 0.717) is 4.58 Å². The molecule has 3 heteroatoms. The van der Waals surface area contributed by atoms with E-state index < -0.39 is 0 Å². The van der Waals surface area contributed by atoms with Crippen molar-refractivity contribution in [1.29, 1.82) is 0 Å². The number of thiol groups is 1. The number of benzene rings is 1. The van der Waals surface area contributed by atoms with Crippen LogP contribution in [0.5, 0.6) is 0 Å². The molecule has 0 aromatic heterocycles. The molecule has 0 spiro atoms. The van der Waals surface area contributed by atoms with Gasteiger partial charge in [-0.3, -0.25) is 0 Å². The monoisotopic (exact) mass is 911 g/mol. The second-order valence-electron chi connectivity index (χ2n) is 18.8. The summed E-state index contributed by atoms with van der Waals surface area (Å²) >= 11 is 8.76. The van der Waals surface area contributed by atoms with Crippen LogP contribution in [0.1, 0.15) is 282 Å². The SMILES string of the molecule is C.C=C/C=C/C(=C/C)C(C)(C)C.CC.CCC.CCC.CCC.CCC.CCCCCCCCSC(SCCCCCCCCS)c1cc(C(C)(C)C)c(C)c(C(C)(C)C)c1. The summed E-state index contributed by atoms with van der Waals surface area (Å²) in [5.41, 5.74) is 8.06. The van der Waals surface area contributed by atoms with E-state index in [4.69, 9.17) is 0 Å².